The van der Waals surface area contributed by atoms with Gasteiger partial charge in [-0.25, -0.2) is 4.79 Å². The molecule has 18 heavy (non-hydrogen) atoms. The van der Waals surface area contributed by atoms with Crippen molar-refractivity contribution < 1.29 is 19.4 Å². The number of aliphatic carboxylic acids is 1. The molecule has 4 nitrogen and oxygen atoms in total. The summed E-state index contributed by atoms with van der Waals surface area (Å²) in [6.45, 7) is 3.66. The van der Waals surface area contributed by atoms with Crippen molar-refractivity contribution in [2.75, 3.05) is 11.9 Å². The Morgan fingerprint density at radius 2 is 1.83 bits per heavy atom. The van der Waals surface area contributed by atoms with Gasteiger partial charge in [0.15, 0.2) is 5.60 Å². The number of hydrogen-bond acceptors (Lipinski definition) is 3. The van der Waals surface area contributed by atoms with E-state index in [2.05, 4.69) is 15.9 Å². The van der Waals surface area contributed by atoms with E-state index in [9.17, 15) is 4.79 Å². The van der Waals surface area contributed by atoms with Gasteiger partial charge in [-0.15, -0.1) is 0 Å². The van der Waals surface area contributed by atoms with E-state index in [-0.39, 0.29) is 0 Å². The third-order valence-corrected chi connectivity index (χ3v) is 2.82. The molecule has 0 unspecified atom stereocenters. The third-order valence-electron chi connectivity index (χ3n) is 2.26. The Hall–Kier alpha value is -1.23. The minimum atomic E-state index is -1.24. The van der Waals surface area contributed by atoms with E-state index in [1.165, 1.54) is 13.8 Å². The maximum atomic E-state index is 10.9. The van der Waals surface area contributed by atoms with Gasteiger partial charge in [0, 0.05) is 5.33 Å². The predicted octanol–water partition coefficient (Wildman–Crippen LogP) is 3.09. The molecule has 1 rings (SSSR count). The van der Waals surface area contributed by atoms with Gasteiger partial charge < -0.3 is 14.6 Å². The quantitative estimate of drug-likeness (QED) is 0.620. The second-order valence-corrected chi connectivity index (χ2v) is 5.07. The van der Waals surface area contributed by atoms with Crippen LogP contribution in [0.15, 0.2) is 24.3 Å². The Bertz CT molecular complexity index is 386. The summed E-state index contributed by atoms with van der Waals surface area (Å²) in [5, 5.41) is 9.85. The van der Waals surface area contributed by atoms with Crippen LogP contribution in [0.2, 0.25) is 0 Å². The number of benzene rings is 1. The van der Waals surface area contributed by atoms with Crippen LogP contribution in [0, 0.1) is 0 Å². The van der Waals surface area contributed by atoms with Crippen LogP contribution in [0.25, 0.3) is 0 Å². The lowest BCUT2D eigenvalue weighted by molar-refractivity contribution is -0.152. The van der Waals surface area contributed by atoms with E-state index in [1.807, 2.05) is 0 Å². The molecule has 0 radical (unpaired) electrons. The average molecular weight is 317 g/mol. The van der Waals surface area contributed by atoms with Crippen molar-refractivity contribution in [2.24, 2.45) is 0 Å². The van der Waals surface area contributed by atoms with E-state index in [4.69, 9.17) is 14.6 Å². The Morgan fingerprint density at radius 1 is 1.28 bits per heavy atom. The molecule has 0 heterocycles. The van der Waals surface area contributed by atoms with Gasteiger partial charge in [-0.1, -0.05) is 15.9 Å². The first-order chi connectivity index (χ1) is 8.45. The summed E-state index contributed by atoms with van der Waals surface area (Å²) in [7, 11) is 0. The highest BCUT2D eigenvalue weighted by molar-refractivity contribution is 9.09. The van der Waals surface area contributed by atoms with Crippen molar-refractivity contribution in [3.8, 4) is 11.5 Å². The molecule has 5 heteroatoms. The summed E-state index contributed by atoms with van der Waals surface area (Å²) in [6, 6.07) is 6.94. The number of halogens is 1. The first kappa shape index (κ1) is 14.8. The van der Waals surface area contributed by atoms with Crippen LogP contribution >= 0.6 is 15.9 Å². The SMILES string of the molecule is CC(C)(Oc1ccc(OCCCBr)cc1)C(=O)O. The molecular formula is C13H17BrO4. The van der Waals surface area contributed by atoms with Crippen molar-refractivity contribution in [3.05, 3.63) is 24.3 Å². The topological polar surface area (TPSA) is 55.8 Å². The molecule has 0 aliphatic rings. The molecule has 1 N–H and O–H groups in total. The number of ether oxygens (including phenoxy) is 2. The largest absolute Gasteiger partial charge is 0.494 e. The molecule has 0 spiro atoms. The van der Waals surface area contributed by atoms with Crippen molar-refractivity contribution in [1.29, 1.82) is 0 Å². The molecule has 0 saturated heterocycles. The van der Waals surface area contributed by atoms with Crippen LogP contribution in [-0.2, 0) is 4.79 Å². The zero-order valence-corrected chi connectivity index (χ0v) is 12.1. The Morgan fingerprint density at radius 3 is 2.33 bits per heavy atom. The van der Waals surface area contributed by atoms with E-state index in [0.717, 1.165) is 17.5 Å². The zero-order chi connectivity index (χ0) is 13.6. The van der Waals surface area contributed by atoms with Gasteiger partial charge in [-0.3, -0.25) is 0 Å². The molecule has 0 amide bonds. The van der Waals surface area contributed by atoms with Crippen LogP contribution in [0.5, 0.6) is 11.5 Å². The van der Waals surface area contributed by atoms with Gasteiger partial charge in [-0.2, -0.15) is 0 Å². The summed E-state index contributed by atoms with van der Waals surface area (Å²) >= 11 is 3.33. The maximum absolute atomic E-state index is 10.9. The smallest absolute Gasteiger partial charge is 0.347 e. The van der Waals surface area contributed by atoms with E-state index in [1.54, 1.807) is 24.3 Å². The van der Waals surface area contributed by atoms with Gasteiger partial charge >= 0.3 is 5.97 Å². The lowest BCUT2D eigenvalue weighted by atomic mass is 10.1. The molecule has 100 valence electrons. The van der Waals surface area contributed by atoms with Gasteiger partial charge in [0.1, 0.15) is 11.5 Å². The lowest BCUT2D eigenvalue weighted by Gasteiger charge is -2.21. The van der Waals surface area contributed by atoms with Crippen molar-refractivity contribution in [3.63, 3.8) is 0 Å². The molecule has 0 fully saturated rings. The predicted molar refractivity (Wildman–Crippen MR) is 72.7 cm³/mol. The number of carbonyl (C=O) groups is 1. The lowest BCUT2D eigenvalue weighted by Crippen LogP contribution is -2.37. The maximum Gasteiger partial charge on any atom is 0.347 e. The average Bonchev–Trinajstić information content (AvgIpc) is 2.31. The fourth-order valence-electron chi connectivity index (χ4n) is 1.19. The number of carboxylic acid groups (broad SMARTS) is 1. The van der Waals surface area contributed by atoms with E-state index < -0.39 is 11.6 Å². The van der Waals surface area contributed by atoms with Crippen molar-refractivity contribution in [1.82, 2.24) is 0 Å². The molecule has 0 aliphatic carbocycles. The highest BCUT2D eigenvalue weighted by Crippen LogP contribution is 2.22. The highest BCUT2D eigenvalue weighted by atomic mass is 79.9. The van der Waals surface area contributed by atoms with Crippen LogP contribution in [0.4, 0.5) is 0 Å². The molecule has 1 aromatic rings. The Balaban J connectivity index is 2.57. The Labute approximate surface area is 115 Å². The standard InChI is InChI=1S/C13H17BrO4/c1-13(2,12(15)16)18-11-6-4-10(5-7-11)17-9-3-8-14/h4-7H,3,8-9H2,1-2H3,(H,15,16). The van der Waals surface area contributed by atoms with Crippen molar-refractivity contribution >= 4 is 21.9 Å². The van der Waals surface area contributed by atoms with Gasteiger partial charge in [-0.05, 0) is 44.5 Å². The second kappa shape index (κ2) is 6.64. The minimum Gasteiger partial charge on any atom is -0.494 e. The first-order valence-electron chi connectivity index (χ1n) is 5.67. The van der Waals surface area contributed by atoms with Crippen molar-refractivity contribution in [2.45, 2.75) is 25.9 Å². The third kappa shape index (κ3) is 4.56. The summed E-state index contributed by atoms with van der Waals surface area (Å²) in [5.41, 5.74) is -1.24. The second-order valence-electron chi connectivity index (χ2n) is 4.28. The highest BCUT2D eigenvalue weighted by Gasteiger charge is 2.29. The molecule has 0 aromatic heterocycles. The summed E-state index contributed by atoms with van der Waals surface area (Å²) in [4.78, 5) is 10.9. The molecular weight excluding hydrogens is 300 g/mol. The first-order valence-corrected chi connectivity index (χ1v) is 6.79. The molecule has 1 aromatic carbocycles. The monoisotopic (exact) mass is 316 g/mol. The number of hydrogen-bond donors (Lipinski definition) is 1. The fourth-order valence-corrected chi connectivity index (χ4v) is 1.42. The van der Waals surface area contributed by atoms with Crippen LogP contribution < -0.4 is 9.47 Å². The van der Waals surface area contributed by atoms with Crippen LogP contribution in [0.1, 0.15) is 20.3 Å². The number of carboxylic acids is 1. The van der Waals surface area contributed by atoms with Gasteiger partial charge in [0.25, 0.3) is 0 Å². The zero-order valence-electron chi connectivity index (χ0n) is 10.5. The minimum absolute atomic E-state index is 0.509. The van der Waals surface area contributed by atoms with Crippen LogP contribution in [0.3, 0.4) is 0 Å². The normalized spacial score (nSPS) is 11.1. The number of rotatable bonds is 7. The fraction of sp³-hybridized carbons (Fsp3) is 0.462. The molecule has 0 saturated carbocycles. The van der Waals surface area contributed by atoms with Gasteiger partial charge in [0.05, 0.1) is 6.61 Å². The Kier molecular flexibility index (Phi) is 5.47. The molecule has 0 aliphatic heterocycles. The summed E-state index contributed by atoms with van der Waals surface area (Å²) in [6.07, 6.45) is 0.935. The van der Waals surface area contributed by atoms with Crippen LogP contribution in [-0.4, -0.2) is 28.6 Å². The number of alkyl halides is 1. The summed E-state index contributed by atoms with van der Waals surface area (Å²) < 4.78 is 10.9. The van der Waals surface area contributed by atoms with Gasteiger partial charge in [0.2, 0.25) is 0 Å². The molecule has 0 bridgehead atoms. The molecule has 0 atom stereocenters. The summed E-state index contributed by atoms with van der Waals surface area (Å²) in [5.74, 6) is 0.256. The van der Waals surface area contributed by atoms with E-state index in [0.29, 0.717) is 12.4 Å². The van der Waals surface area contributed by atoms with E-state index >= 15 is 0 Å².